The Morgan fingerprint density at radius 1 is 1.16 bits per heavy atom. The van der Waals surface area contributed by atoms with E-state index in [1.165, 1.54) is 30.9 Å². The number of nitrogens with zero attached hydrogens (tertiary/aromatic N) is 4. The van der Waals surface area contributed by atoms with Crippen molar-refractivity contribution >= 4 is 23.4 Å². The van der Waals surface area contributed by atoms with Crippen LogP contribution in [0.5, 0.6) is 0 Å². The van der Waals surface area contributed by atoms with E-state index in [9.17, 15) is 9.70 Å². The van der Waals surface area contributed by atoms with Gasteiger partial charge in [0.1, 0.15) is 0 Å². The van der Waals surface area contributed by atoms with Gasteiger partial charge in [0.25, 0.3) is 5.69 Å². The lowest BCUT2D eigenvalue weighted by Gasteiger charge is -2.05. The van der Waals surface area contributed by atoms with Crippen molar-refractivity contribution in [3.05, 3.63) is 59.0 Å². The monoisotopic (exact) mass is 355 g/mol. The Hall–Kier alpha value is -3.00. The molecule has 0 spiro atoms. The molecule has 1 N–H and O–H groups in total. The molecule has 1 heterocycles. The van der Waals surface area contributed by atoms with E-state index >= 15 is 0 Å². The molecule has 0 atom stereocenters. The van der Waals surface area contributed by atoms with Crippen LogP contribution < -0.4 is 0 Å². The van der Waals surface area contributed by atoms with Gasteiger partial charge in [0.05, 0.1) is 10.5 Å². The van der Waals surface area contributed by atoms with Crippen LogP contribution in [-0.2, 0) is 7.05 Å². The number of carbonyl (C=O) groups is 1. The maximum Gasteiger partial charge on any atom is 0.335 e. The lowest BCUT2D eigenvalue weighted by Crippen LogP contribution is -2.01. The van der Waals surface area contributed by atoms with Gasteiger partial charge in [-0.2, -0.15) is 0 Å². The molecule has 0 amide bonds. The molecule has 0 unspecified atom stereocenters. The molecule has 0 aliphatic carbocycles. The van der Waals surface area contributed by atoms with Crippen LogP contribution >= 0.6 is 11.8 Å². The fourth-order valence-corrected chi connectivity index (χ4v) is 3.25. The van der Waals surface area contributed by atoms with Crippen molar-refractivity contribution < 1.29 is 14.7 Å². The van der Waals surface area contributed by atoms with Crippen LogP contribution in [0.2, 0.25) is 0 Å². The van der Waals surface area contributed by atoms with E-state index in [0.717, 1.165) is 5.56 Å². The summed E-state index contributed by atoms with van der Waals surface area (Å²) in [5, 5.41) is 18.1. The van der Waals surface area contributed by atoms with E-state index < -0.39 is 5.97 Å². The van der Waals surface area contributed by atoms with Crippen LogP contribution in [0.3, 0.4) is 0 Å². The second-order valence-corrected chi connectivity index (χ2v) is 6.33. The third-order valence-electron chi connectivity index (χ3n) is 3.61. The average molecular weight is 355 g/mol. The molecule has 126 valence electrons. The van der Waals surface area contributed by atoms with Crippen LogP contribution in [-0.4, -0.2) is 37.6 Å². The van der Waals surface area contributed by atoms with Crippen molar-refractivity contribution in [3.63, 3.8) is 0 Å². The second-order valence-electron chi connectivity index (χ2n) is 5.32. The Kier molecular flexibility index (Phi) is 4.62. The average Bonchev–Trinajstić information content (AvgIpc) is 2.96. The van der Waals surface area contributed by atoms with Crippen molar-refractivity contribution in [2.75, 3.05) is 7.05 Å². The first kappa shape index (κ1) is 16.8. The Balaban J connectivity index is 1.97. The number of carboxylic acids is 1. The van der Waals surface area contributed by atoms with E-state index in [1.807, 2.05) is 41.9 Å². The lowest BCUT2D eigenvalue weighted by molar-refractivity contribution is -0.431. The highest BCUT2D eigenvalue weighted by molar-refractivity contribution is 7.99. The number of hydrogen-bond donors (Lipinski definition) is 1. The molecule has 0 radical (unpaired) electrons. The maximum absolute atomic E-state index is 11.8. The van der Waals surface area contributed by atoms with Crippen molar-refractivity contribution in [3.8, 4) is 11.4 Å². The van der Waals surface area contributed by atoms with Crippen molar-refractivity contribution in [2.24, 2.45) is 7.05 Å². The smallest absolute Gasteiger partial charge is 0.335 e. The fraction of sp³-hybridized carbons (Fsp3) is 0.118. The number of hydrogen-bond acceptors (Lipinski definition) is 5. The van der Waals surface area contributed by atoms with Crippen LogP contribution in [0, 0.1) is 4.91 Å². The van der Waals surface area contributed by atoms with Gasteiger partial charge in [0, 0.05) is 28.3 Å². The topological polar surface area (TPSA) is 88.1 Å². The standard InChI is InChI=1S/C17H14N4O3S/c1-20-15(11-6-4-3-5-7-11)18-19-17(20)25-14-9-8-12(16(22)23)10-13(14)21(2)24/h3-10H,1-2H3/p+1. The number of carboxylic acid groups (broad SMARTS) is 1. The zero-order valence-electron chi connectivity index (χ0n) is 13.6. The van der Waals surface area contributed by atoms with Crippen molar-refractivity contribution in [2.45, 2.75) is 10.1 Å². The minimum absolute atomic E-state index is 0.0602. The highest BCUT2D eigenvalue weighted by atomic mass is 32.2. The lowest BCUT2D eigenvalue weighted by atomic mass is 10.2. The summed E-state index contributed by atoms with van der Waals surface area (Å²) in [7, 11) is 3.17. The van der Waals surface area contributed by atoms with E-state index in [2.05, 4.69) is 10.2 Å². The summed E-state index contributed by atoms with van der Waals surface area (Å²) in [5.41, 5.74) is 1.27. The van der Waals surface area contributed by atoms with Gasteiger partial charge in [0.15, 0.2) is 18.0 Å². The highest BCUT2D eigenvalue weighted by Gasteiger charge is 2.21. The third kappa shape index (κ3) is 3.43. The minimum atomic E-state index is -1.08. The molecule has 0 fully saturated rings. The number of benzene rings is 2. The summed E-state index contributed by atoms with van der Waals surface area (Å²) in [6.45, 7) is 0. The molecule has 0 aliphatic rings. The molecule has 8 heteroatoms. The number of aromatic carboxylic acids is 1. The molecule has 3 aromatic rings. The van der Waals surface area contributed by atoms with E-state index in [4.69, 9.17) is 5.11 Å². The van der Waals surface area contributed by atoms with Gasteiger partial charge in [-0.3, -0.25) is 0 Å². The molecule has 7 nitrogen and oxygen atoms in total. The van der Waals surface area contributed by atoms with Gasteiger partial charge >= 0.3 is 5.97 Å². The van der Waals surface area contributed by atoms with Gasteiger partial charge in [0.2, 0.25) is 0 Å². The van der Waals surface area contributed by atoms with Gasteiger partial charge in [-0.15, -0.1) is 10.2 Å². The molecule has 1 aromatic heterocycles. The Morgan fingerprint density at radius 3 is 2.52 bits per heavy atom. The molecular weight excluding hydrogens is 340 g/mol. The molecule has 25 heavy (non-hydrogen) atoms. The molecule has 0 saturated carbocycles. The van der Waals surface area contributed by atoms with Crippen LogP contribution in [0.15, 0.2) is 58.6 Å². The van der Waals surface area contributed by atoms with Crippen molar-refractivity contribution in [1.29, 1.82) is 0 Å². The first-order chi connectivity index (χ1) is 12.0. The summed E-state index contributed by atoms with van der Waals surface area (Å²) < 4.78 is 2.48. The van der Waals surface area contributed by atoms with E-state index in [-0.39, 0.29) is 11.3 Å². The zero-order valence-corrected chi connectivity index (χ0v) is 14.4. The highest BCUT2D eigenvalue weighted by Crippen LogP contribution is 2.35. The maximum atomic E-state index is 11.8. The predicted molar refractivity (Wildman–Crippen MR) is 93.2 cm³/mol. The molecule has 3 rings (SSSR count). The Labute approximate surface area is 147 Å². The van der Waals surface area contributed by atoms with Gasteiger partial charge < -0.3 is 9.67 Å². The van der Waals surface area contributed by atoms with Gasteiger partial charge in [-0.25, -0.2) is 4.79 Å². The Bertz CT molecular complexity index is 954. The Morgan fingerprint density at radius 2 is 1.88 bits per heavy atom. The fourth-order valence-electron chi connectivity index (χ4n) is 2.32. The molecule has 2 aromatic carbocycles. The first-order valence-electron chi connectivity index (χ1n) is 7.38. The second kappa shape index (κ2) is 6.86. The quantitative estimate of drug-likeness (QED) is 0.706. The van der Waals surface area contributed by atoms with Crippen LogP contribution in [0.25, 0.3) is 11.4 Å². The number of aromatic nitrogens is 3. The minimum Gasteiger partial charge on any atom is -0.478 e. The number of nitroso groups, excluding NO2 is 1. The van der Waals surface area contributed by atoms with Crippen LogP contribution in [0.1, 0.15) is 10.4 Å². The van der Waals surface area contributed by atoms with Crippen LogP contribution in [0.4, 0.5) is 5.69 Å². The normalized spacial score (nSPS) is 10.6. The van der Waals surface area contributed by atoms with Gasteiger partial charge in [-0.1, -0.05) is 30.3 Å². The number of rotatable bonds is 5. The van der Waals surface area contributed by atoms with E-state index in [0.29, 0.717) is 20.6 Å². The van der Waals surface area contributed by atoms with Gasteiger partial charge in [-0.05, 0) is 23.9 Å². The van der Waals surface area contributed by atoms with Crippen molar-refractivity contribution in [1.82, 2.24) is 14.8 Å². The summed E-state index contributed by atoms with van der Waals surface area (Å²) in [4.78, 5) is 23.5. The summed E-state index contributed by atoms with van der Waals surface area (Å²) in [5.74, 6) is -0.369. The summed E-state index contributed by atoms with van der Waals surface area (Å²) >= 11 is 1.26. The summed E-state index contributed by atoms with van der Waals surface area (Å²) in [6, 6.07) is 14.1. The zero-order chi connectivity index (χ0) is 18.0. The SMILES string of the molecule is Cn1c(Sc2ccc(C(=O)O)cc2[N+](C)=O)nnc1-c1ccccc1. The molecule has 0 aliphatic heterocycles. The predicted octanol–water partition coefficient (Wildman–Crippen LogP) is 3.37. The molecular formula is C17H15N4O3S+. The largest absolute Gasteiger partial charge is 0.478 e. The molecule has 0 bridgehead atoms. The first-order valence-corrected chi connectivity index (χ1v) is 8.20. The molecule has 0 saturated heterocycles. The summed E-state index contributed by atoms with van der Waals surface area (Å²) in [6.07, 6.45) is 0. The third-order valence-corrected chi connectivity index (χ3v) is 4.72. The van der Waals surface area contributed by atoms with E-state index in [1.54, 1.807) is 6.07 Å².